The lowest BCUT2D eigenvalue weighted by molar-refractivity contribution is 0.0695. The average Bonchev–Trinajstić information content (AvgIpc) is 3.39. The van der Waals surface area contributed by atoms with Crippen LogP contribution in [0.15, 0.2) is 46.7 Å². The van der Waals surface area contributed by atoms with E-state index in [1.54, 1.807) is 11.3 Å². The minimum absolute atomic E-state index is 0.222. The molecule has 4 rings (SSSR count). The summed E-state index contributed by atoms with van der Waals surface area (Å²) in [5, 5.41) is 12.3. The number of pyridine rings is 1. The summed E-state index contributed by atoms with van der Waals surface area (Å²) in [5.74, 6) is -1.21. The number of nitrogens with one attached hydrogen (secondary N) is 1. The third-order valence-electron chi connectivity index (χ3n) is 5.21. The number of benzene rings is 1. The van der Waals surface area contributed by atoms with E-state index in [1.165, 1.54) is 6.07 Å². The van der Waals surface area contributed by atoms with Crippen molar-refractivity contribution >= 4 is 23.0 Å². The lowest BCUT2D eigenvalue weighted by Gasteiger charge is -2.25. The summed E-state index contributed by atoms with van der Waals surface area (Å²) >= 11 is 1.69. The molecule has 1 aliphatic heterocycles. The maximum absolute atomic E-state index is 12.1. The molecule has 28 heavy (non-hydrogen) atoms. The van der Waals surface area contributed by atoms with Crippen molar-refractivity contribution in [2.75, 3.05) is 11.4 Å². The van der Waals surface area contributed by atoms with E-state index in [0.717, 1.165) is 41.2 Å². The molecule has 0 aliphatic carbocycles. The van der Waals surface area contributed by atoms with Crippen LogP contribution < -0.4 is 10.5 Å². The Morgan fingerprint density at radius 2 is 2.14 bits per heavy atom. The monoisotopic (exact) mass is 395 g/mol. The molecule has 3 heterocycles. The number of rotatable bonds is 5. The van der Waals surface area contributed by atoms with Crippen LogP contribution in [0.1, 0.15) is 46.7 Å². The first-order valence-electron chi connectivity index (χ1n) is 9.34. The van der Waals surface area contributed by atoms with E-state index < -0.39 is 11.5 Å². The Morgan fingerprint density at radius 1 is 1.36 bits per heavy atom. The van der Waals surface area contributed by atoms with Crippen molar-refractivity contribution < 1.29 is 9.90 Å². The van der Waals surface area contributed by atoms with Gasteiger partial charge in [0.1, 0.15) is 10.6 Å². The molecule has 0 spiro atoms. The molecule has 0 radical (unpaired) electrons. The first-order chi connectivity index (χ1) is 13.6. The van der Waals surface area contributed by atoms with Gasteiger partial charge in [0, 0.05) is 23.8 Å². The van der Waals surface area contributed by atoms with Gasteiger partial charge in [0.05, 0.1) is 11.7 Å². The van der Waals surface area contributed by atoms with Crippen molar-refractivity contribution in [3.63, 3.8) is 0 Å². The number of carbonyl (C=O) groups is 1. The van der Waals surface area contributed by atoms with E-state index >= 15 is 0 Å². The maximum Gasteiger partial charge on any atom is 0.341 e. The summed E-state index contributed by atoms with van der Waals surface area (Å²) in [7, 11) is 0. The van der Waals surface area contributed by atoms with E-state index in [-0.39, 0.29) is 5.56 Å². The van der Waals surface area contributed by atoms with Gasteiger partial charge in [-0.15, -0.1) is 11.3 Å². The number of thiazole rings is 1. The van der Waals surface area contributed by atoms with E-state index in [4.69, 9.17) is 0 Å². The number of aromatic nitrogens is 2. The quantitative estimate of drug-likeness (QED) is 0.679. The standard InChI is InChI=1S/C21H21N3O3S/c1-2-13-12-16(21(26)27)19(25)23-18(13)14-5-7-15(8-6-14)24-10-3-4-17(24)20-22-9-11-28-20/h5-9,11-12,17H,2-4,10H2,1H3,(H,23,25)(H,26,27). The van der Waals surface area contributed by atoms with Gasteiger partial charge in [-0.25, -0.2) is 9.78 Å². The molecule has 0 saturated carbocycles. The number of carboxylic acids is 1. The van der Waals surface area contributed by atoms with Crippen LogP contribution in [0.5, 0.6) is 0 Å². The zero-order valence-electron chi connectivity index (χ0n) is 15.5. The first kappa shape index (κ1) is 18.4. The highest BCUT2D eigenvalue weighted by Crippen LogP contribution is 2.37. The molecule has 7 heteroatoms. The highest BCUT2D eigenvalue weighted by atomic mass is 32.1. The summed E-state index contributed by atoms with van der Waals surface area (Å²) in [6.07, 6.45) is 4.71. The molecule has 0 amide bonds. The topological polar surface area (TPSA) is 86.3 Å². The van der Waals surface area contributed by atoms with Gasteiger partial charge in [-0.2, -0.15) is 0 Å². The van der Waals surface area contributed by atoms with Crippen LogP contribution in [-0.2, 0) is 6.42 Å². The normalized spacial score (nSPS) is 16.5. The van der Waals surface area contributed by atoms with Crippen LogP contribution in [-0.4, -0.2) is 27.6 Å². The Hall–Kier alpha value is -2.93. The van der Waals surface area contributed by atoms with Crippen molar-refractivity contribution in [2.45, 2.75) is 32.2 Å². The van der Waals surface area contributed by atoms with Crippen LogP contribution >= 0.6 is 11.3 Å². The number of anilines is 1. The van der Waals surface area contributed by atoms with Crippen molar-refractivity contribution in [2.24, 2.45) is 0 Å². The molecule has 0 bridgehead atoms. The molecule has 2 aromatic heterocycles. The first-order valence-corrected chi connectivity index (χ1v) is 10.2. The molecule has 1 atom stereocenters. The number of nitrogens with zero attached hydrogens (tertiary/aromatic N) is 2. The largest absolute Gasteiger partial charge is 0.477 e. The number of aryl methyl sites for hydroxylation is 1. The Bertz CT molecular complexity index is 1040. The SMILES string of the molecule is CCc1cc(C(=O)O)c(=O)[nH]c1-c1ccc(N2CCCC2c2nccs2)cc1. The van der Waals surface area contributed by atoms with Crippen LogP contribution in [0.2, 0.25) is 0 Å². The average molecular weight is 395 g/mol. The Morgan fingerprint density at radius 3 is 2.79 bits per heavy atom. The van der Waals surface area contributed by atoms with Gasteiger partial charge in [0.2, 0.25) is 0 Å². The Kier molecular flexibility index (Phi) is 5.00. The van der Waals surface area contributed by atoms with Crippen LogP contribution in [0, 0.1) is 0 Å². The lowest BCUT2D eigenvalue weighted by atomic mass is 10.0. The van der Waals surface area contributed by atoms with E-state index in [2.05, 4.69) is 27.0 Å². The predicted octanol–water partition coefficient (Wildman–Crippen LogP) is 4.10. The molecule has 144 valence electrons. The second-order valence-electron chi connectivity index (χ2n) is 6.84. The maximum atomic E-state index is 12.1. The number of H-pyrrole nitrogens is 1. The van der Waals surface area contributed by atoms with Gasteiger partial charge in [-0.05, 0) is 48.6 Å². The molecule has 1 saturated heterocycles. The fourth-order valence-corrected chi connectivity index (χ4v) is 4.60. The molecule has 6 nitrogen and oxygen atoms in total. The molecule has 2 N–H and O–H groups in total. The highest BCUT2D eigenvalue weighted by Gasteiger charge is 2.28. The van der Waals surface area contributed by atoms with E-state index in [0.29, 0.717) is 18.2 Å². The van der Waals surface area contributed by atoms with Gasteiger partial charge in [-0.1, -0.05) is 19.1 Å². The molecular weight excluding hydrogens is 374 g/mol. The number of hydrogen-bond acceptors (Lipinski definition) is 5. The fourth-order valence-electron chi connectivity index (χ4n) is 3.82. The molecule has 1 fully saturated rings. The van der Waals surface area contributed by atoms with Crippen LogP contribution in [0.3, 0.4) is 0 Å². The lowest BCUT2D eigenvalue weighted by Crippen LogP contribution is -2.22. The van der Waals surface area contributed by atoms with Gasteiger partial charge >= 0.3 is 5.97 Å². The second kappa shape index (κ2) is 7.59. The molecule has 1 unspecified atom stereocenters. The smallest absolute Gasteiger partial charge is 0.341 e. The summed E-state index contributed by atoms with van der Waals surface area (Å²) in [6, 6.07) is 9.87. The summed E-state index contributed by atoms with van der Waals surface area (Å²) in [5.41, 5.74) is 2.70. The van der Waals surface area contributed by atoms with Crippen molar-refractivity contribution in [3.05, 3.63) is 68.4 Å². The van der Waals surface area contributed by atoms with E-state index in [1.807, 2.05) is 30.6 Å². The number of hydrogen-bond donors (Lipinski definition) is 2. The summed E-state index contributed by atoms with van der Waals surface area (Å²) < 4.78 is 0. The van der Waals surface area contributed by atoms with Crippen LogP contribution in [0.25, 0.3) is 11.3 Å². The zero-order valence-corrected chi connectivity index (χ0v) is 16.3. The number of aromatic amines is 1. The third kappa shape index (κ3) is 3.33. The summed E-state index contributed by atoms with van der Waals surface area (Å²) in [6.45, 7) is 2.94. The van der Waals surface area contributed by atoms with Crippen molar-refractivity contribution in [1.82, 2.24) is 9.97 Å². The Labute approximate surface area is 166 Å². The third-order valence-corrected chi connectivity index (χ3v) is 6.09. The number of carboxylic acid groups (broad SMARTS) is 1. The zero-order chi connectivity index (χ0) is 19.7. The van der Waals surface area contributed by atoms with Gasteiger partial charge < -0.3 is 15.0 Å². The molecule has 1 aliphatic rings. The van der Waals surface area contributed by atoms with Gasteiger partial charge in [-0.3, -0.25) is 4.79 Å². The second-order valence-corrected chi connectivity index (χ2v) is 7.77. The summed E-state index contributed by atoms with van der Waals surface area (Å²) in [4.78, 5) is 33.0. The molecular formula is C21H21N3O3S. The highest BCUT2D eigenvalue weighted by molar-refractivity contribution is 7.09. The van der Waals surface area contributed by atoms with E-state index in [9.17, 15) is 14.7 Å². The molecule has 1 aromatic carbocycles. The fraction of sp³-hybridized carbons (Fsp3) is 0.286. The van der Waals surface area contributed by atoms with Crippen molar-refractivity contribution in [1.29, 1.82) is 0 Å². The predicted molar refractivity (Wildman–Crippen MR) is 110 cm³/mol. The Balaban J connectivity index is 1.66. The van der Waals surface area contributed by atoms with Crippen molar-refractivity contribution in [3.8, 4) is 11.3 Å². The van der Waals surface area contributed by atoms with Gasteiger partial charge in [0.15, 0.2) is 0 Å². The van der Waals surface area contributed by atoms with Gasteiger partial charge in [0.25, 0.3) is 5.56 Å². The minimum Gasteiger partial charge on any atom is -0.477 e. The molecule has 3 aromatic rings. The number of aromatic carboxylic acids is 1. The van der Waals surface area contributed by atoms with Crippen LogP contribution in [0.4, 0.5) is 5.69 Å². The minimum atomic E-state index is -1.21.